The Bertz CT molecular complexity index is 476. The Morgan fingerprint density at radius 1 is 1.53 bits per heavy atom. The van der Waals surface area contributed by atoms with Crippen LogP contribution in [-0.2, 0) is 0 Å². The third-order valence-corrected chi connectivity index (χ3v) is 3.46. The van der Waals surface area contributed by atoms with Crippen molar-refractivity contribution in [3.8, 4) is 0 Å². The molecule has 5 heteroatoms. The lowest BCUT2D eigenvalue weighted by Crippen LogP contribution is -2.41. The van der Waals surface area contributed by atoms with E-state index in [0.717, 1.165) is 19.4 Å². The van der Waals surface area contributed by atoms with E-state index in [0.29, 0.717) is 12.2 Å². The second kappa shape index (κ2) is 5.57. The first-order valence-electron chi connectivity index (χ1n) is 6.50. The molecule has 0 radical (unpaired) electrons. The van der Waals surface area contributed by atoms with Crippen LogP contribution in [0.1, 0.15) is 23.2 Å². The third kappa shape index (κ3) is 3.04. The summed E-state index contributed by atoms with van der Waals surface area (Å²) in [7, 11) is 3.97. The van der Waals surface area contributed by atoms with E-state index in [4.69, 9.17) is 5.73 Å². The van der Waals surface area contributed by atoms with E-state index in [2.05, 4.69) is 4.90 Å². The molecule has 0 aromatic heterocycles. The van der Waals surface area contributed by atoms with Gasteiger partial charge in [-0.25, -0.2) is 4.39 Å². The fourth-order valence-electron chi connectivity index (χ4n) is 2.58. The van der Waals surface area contributed by atoms with Crippen LogP contribution in [-0.4, -0.2) is 48.9 Å². The molecule has 1 amide bonds. The highest BCUT2D eigenvalue weighted by Gasteiger charge is 2.30. The molecule has 1 aromatic rings. The van der Waals surface area contributed by atoms with Gasteiger partial charge in [0.1, 0.15) is 5.82 Å². The second-order valence-corrected chi connectivity index (χ2v) is 5.29. The lowest BCUT2D eigenvalue weighted by molar-refractivity contribution is 0.0717. The number of halogens is 1. The zero-order valence-corrected chi connectivity index (χ0v) is 11.4. The molecule has 1 atom stereocenters. The van der Waals surface area contributed by atoms with Gasteiger partial charge in [0.2, 0.25) is 0 Å². The molecule has 19 heavy (non-hydrogen) atoms. The van der Waals surface area contributed by atoms with Crippen molar-refractivity contribution in [2.75, 3.05) is 32.9 Å². The molecule has 1 aliphatic rings. The van der Waals surface area contributed by atoms with Gasteiger partial charge in [0.05, 0.1) is 5.56 Å². The van der Waals surface area contributed by atoms with Crippen molar-refractivity contribution < 1.29 is 9.18 Å². The summed E-state index contributed by atoms with van der Waals surface area (Å²) < 4.78 is 13.3. The lowest BCUT2D eigenvalue weighted by Gasteiger charge is -2.27. The molecule has 1 saturated heterocycles. The Balaban J connectivity index is 2.20. The number of likely N-dealkylation sites (tertiary alicyclic amines) is 1. The predicted octanol–water partition coefficient (Wildman–Crippen LogP) is 1.57. The van der Waals surface area contributed by atoms with Crippen LogP contribution in [0.2, 0.25) is 0 Å². The zero-order chi connectivity index (χ0) is 14.0. The first-order chi connectivity index (χ1) is 8.99. The van der Waals surface area contributed by atoms with Crippen LogP contribution >= 0.6 is 0 Å². The van der Waals surface area contributed by atoms with Crippen LogP contribution in [0.3, 0.4) is 0 Å². The zero-order valence-electron chi connectivity index (χ0n) is 11.4. The molecule has 1 unspecified atom stereocenters. The molecule has 2 rings (SSSR count). The van der Waals surface area contributed by atoms with Crippen molar-refractivity contribution in [2.45, 2.75) is 18.9 Å². The maximum Gasteiger partial charge on any atom is 0.256 e. The van der Waals surface area contributed by atoms with Gasteiger partial charge >= 0.3 is 0 Å². The van der Waals surface area contributed by atoms with Crippen LogP contribution in [0.5, 0.6) is 0 Å². The average Bonchev–Trinajstić information content (AvgIpc) is 2.78. The highest BCUT2D eigenvalue weighted by atomic mass is 19.1. The summed E-state index contributed by atoms with van der Waals surface area (Å²) in [6.45, 7) is 1.54. The third-order valence-electron chi connectivity index (χ3n) is 3.46. The number of amides is 1. The predicted molar refractivity (Wildman–Crippen MR) is 73.4 cm³/mol. The maximum atomic E-state index is 13.3. The van der Waals surface area contributed by atoms with Crippen molar-refractivity contribution in [1.29, 1.82) is 0 Å². The fourth-order valence-corrected chi connectivity index (χ4v) is 2.58. The maximum absolute atomic E-state index is 13.3. The van der Waals surface area contributed by atoms with Crippen molar-refractivity contribution in [1.82, 2.24) is 9.80 Å². The van der Waals surface area contributed by atoms with E-state index in [1.54, 1.807) is 0 Å². The van der Waals surface area contributed by atoms with E-state index in [9.17, 15) is 9.18 Å². The number of nitrogen functional groups attached to an aromatic ring is 1. The topological polar surface area (TPSA) is 49.6 Å². The number of hydrogen-bond acceptors (Lipinski definition) is 3. The lowest BCUT2D eigenvalue weighted by atomic mass is 10.1. The Morgan fingerprint density at radius 2 is 2.26 bits per heavy atom. The average molecular weight is 265 g/mol. The van der Waals surface area contributed by atoms with Crippen LogP contribution in [0.25, 0.3) is 0 Å². The molecule has 0 saturated carbocycles. The highest BCUT2D eigenvalue weighted by molar-refractivity contribution is 5.99. The number of anilines is 1. The molecule has 1 fully saturated rings. The molecule has 2 N–H and O–H groups in total. The summed E-state index contributed by atoms with van der Waals surface area (Å²) in [5, 5.41) is 0. The number of carbonyl (C=O) groups is 1. The molecule has 0 aliphatic carbocycles. The van der Waals surface area contributed by atoms with Gasteiger partial charge in [0.15, 0.2) is 0 Å². The molecule has 1 heterocycles. The highest BCUT2D eigenvalue weighted by Crippen LogP contribution is 2.23. The van der Waals surface area contributed by atoms with Crippen molar-refractivity contribution in [2.24, 2.45) is 0 Å². The summed E-state index contributed by atoms with van der Waals surface area (Å²) in [6.07, 6.45) is 1.97. The molecule has 104 valence electrons. The summed E-state index contributed by atoms with van der Waals surface area (Å²) in [4.78, 5) is 16.3. The SMILES string of the molecule is CN(C)CC1CCCN1C(=O)c1cc(F)ccc1N. The summed E-state index contributed by atoms with van der Waals surface area (Å²) in [5.74, 6) is -0.595. The van der Waals surface area contributed by atoms with Crippen molar-refractivity contribution in [3.05, 3.63) is 29.6 Å². The number of hydrogen-bond donors (Lipinski definition) is 1. The first-order valence-corrected chi connectivity index (χ1v) is 6.50. The standard InChI is InChI=1S/C14H20FN3O/c1-17(2)9-11-4-3-7-18(11)14(19)12-8-10(15)5-6-13(12)16/h5-6,8,11H,3-4,7,9,16H2,1-2H3. The summed E-state index contributed by atoms with van der Waals surface area (Å²) in [6, 6.07) is 4.13. The number of carbonyl (C=O) groups excluding carboxylic acids is 1. The smallest absolute Gasteiger partial charge is 0.256 e. The van der Waals surface area contributed by atoms with Gasteiger partial charge in [0.25, 0.3) is 5.91 Å². The summed E-state index contributed by atoms with van der Waals surface area (Å²) in [5.41, 5.74) is 6.38. The van der Waals surface area contributed by atoms with Crippen LogP contribution in [0, 0.1) is 5.82 Å². The minimum atomic E-state index is -0.430. The Hall–Kier alpha value is -1.62. The Kier molecular flexibility index (Phi) is 4.04. The van der Waals surface area contributed by atoms with Crippen LogP contribution in [0.15, 0.2) is 18.2 Å². The van der Waals surface area contributed by atoms with E-state index in [1.807, 2.05) is 19.0 Å². The first kappa shape index (κ1) is 13.8. The number of nitrogens with two attached hydrogens (primary N) is 1. The number of rotatable bonds is 3. The van der Waals surface area contributed by atoms with E-state index in [1.165, 1.54) is 18.2 Å². The minimum absolute atomic E-state index is 0.165. The number of nitrogens with zero attached hydrogens (tertiary/aromatic N) is 2. The molecule has 0 spiro atoms. The molecule has 4 nitrogen and oxygen atoms in total. The van der Waals surface area contributed by atoms with Gasteiger partial charge in [0, 0.05) is 24.8 Å². The molecule has 0 bridgehead atoms. The van der Waals surface area contributed by atoms with E-state index >= 15 is 0 Å². The van der Waals surface area contributed by atoms with Gasteiger partial charge in [-0.3, -0.25) is 4.79 Å². The van der Waals surface area contributed by atoms with Crippen LogP contribution in [0.4, 0.5) is 10.1 Å². The minimum Gasteiger partial charge on any atom is -0.398 e. The fraction of sp³-hybridized carbons (Fsp3) is 0.500. The monoisotopic (exact) mass is 265 g/mol. The van der Waals surface area contributed by atoms with Crippen molar-refractivity contribution in [3.63, 3.8) is 0 Å². The van der Waals surface area contributed by atoms with Gasteiger partial charge in [-0.1, -0.05) is 0 Å². The largest absolute Gasteiger partial charge is 0.398 e. The Labute approximate surface area is 113 Å². The molecular weight excluding hydrogens is 245 g/mol. The van der Waals surface area contributed by atoms with Crippen molar-refractivity contribution >= 4 is 11.6 Å². The van der Waals surface area contributed by atoms with Gasteiger partial charge in [-0.05, 0) is 45.1 Å². The quantitative estimate of drug-likeness (QED) is 0.844. The van der Waals surface area contributed by atoms with Gasteiger partial charge < -0.3 is 15.5 Å². The number of benzene rings is 1. The summed E-state index contributed by atoms with van der Waals surface area (Å²) >= 11 is 0. The van der Waals surface area contributed by atoms with Crippen LogP contribution < -0.4 is 5.73 Å². The van der Waals surface area contributed by atoms with Gasteiger partial charge in [-0.2, -0.15) is 0 Å². The number of likely N-dealkylation sites (N-methyl/N-ethyl adjacent to an activating group) is 1. The van der Waals surface area contributed by atoms with Gasteiger partial charge in [-0.15, -0.1) is 0 Å². The van der Waals surface area contributed by atoms with E-state index < -0.39 is 5.82 Å². The normalized spacial score (nSPS) is 19.2. The molecular formula is C14H20FN3O. The molecule has 1 aromatic carbocycles. The van der Waals surface area contributed by atoms with E-state index in [-0.39, 0.29) is 17.5 Å². The molecule has 1 aliphatic heterocycles. The Morgan fingerprint density at radius 3 is 2.95 bits per heavy atom. The second-order valence-electron chi connectivity index (χ2n) is 5.29.